The van der Waals surface area contributed by atoms with Gasteiger partial charge in [-0.2, -0.15) is 0 Å². The second kappa shape index (κ2) is 14.2. The van der Waals surface area contributed by atoms with Gasteiger partial charge in [-0.15, -0.1) is 0 Å². The van der Waals surface area contributed by atoms with E-state index in [4.69, 9.17) is 0 Å². The van der Waals surface area contributed by atoms with Crippen molar-refractivity contribution < 1.29 is 18.0 Å². The first-order valence-corrected chi connectivity index (χ1v) is 15.8. The number of aromatic nitrogens is 4. The fourth-order valence-corrected chi connectivity index (χ4v) is 5.76. The zero-order valence-corrected chi connectivity index (χ0v) is 27.3. The number of halogens is 3. The average molecular weight is 669 g/mol. The van der Waals surface area contributed by atoms with Crippen LogP contribution in [-0.2, 0) is 13.6 Å². The molecule has 10 nitrogen and oxygen atoms in total. The summed E-state index contributed by atoms with van der Waals surface area (Å²) in [6, 6.07) is 14.0. The number of rotatable bonds is 8. The van der Waals surface area contributed by atoms with Gasteiger partial charge in [-0.05, 0) is 94.0 Å². The van der Waals surface area contributed by atoms with Crippen LogP contribution in [0.5, 0.6) is 0 Å². The number of benzene rings is 3. The van der Waals surface area contributed by atoms with E-state index in [2.05, 4.69) is 49.7 Å². The van der Waals surface area contributed by atoms with Crippen molar-refractivity contribution in [1.29, 1.82) is 0 Å². The minimum atomic E-state index is -1.01. The molecule has 0 spiro atoms. The van der Waals surface area contributed by atoms with E-state index in [1.165, 1.54) is 21.5 Å². The molecule has 0 atom stereocenters. The molecule has 1 amide bonds. The minimum Gasteiger partial charge on any atom is -0.380 e. The molecule has 252 valence electrons. The molecule has 1 saturated heterocycles. The molecule has 0 unspecified atom stereocenters. The second-order valence-electron chi connectivity index (χ2n) is 12.1. The standard InChI is InChI=1S/C36H35F3N8O2/c1-22-33(35(49)47(46(22)3)21-24-6-9-28(37)29(38)18-24)34(48)40-14-4-5-23-7-10-31-25(17-23)20-41-36(44-31)43-27-8-11-32(30(39)19-27)42-26-12-15-45(2)16-13-26/h6-11,17-20,26,42H,12-16,21H2,1-3H3,(H,40,48)(H,41,43,44). The number of carbonyl (C=O) groups is 1. The molecule has 3 N–H and O–H groups in total. The van der Waals surface area contributed by atoms with Crippen LogP contribution >= 0.6 is 0 Å². The van der Waals surface area contributed by atoms with E-state index in [9.17, 15) is 22.8 Å². The van der Waals surface area contributed by atoms with E-state index >= 15 is 0 Å². The Bertz CT molecular complexity index is 2160. The number of hydrogen-bond acceptors (Lipinski definition) is 7. The number of nitrogens with zero attached hydrogens (tertiary/aromatic N) is 5. The molecule has 0 radical (unpaired) electrons. The molecule has 6 rings (SSSR count). The summed E-state index contributed by atoms with van der Waals surface area (Å²) in [5.74, 6) is 3.27. The summed E-state index contributed by atoms with van der Waals surface area (Å²) in [6.45, 7) is 3.55. The van der Waals surface area contributed by atoms with Crippen molar-refractivity contribution in [1.82, 2.24) is 29.5 Å². The summed E-state index contributed by atoms with van der Waals surface area (Å²) >= 11 is 0. The number of nitrogens with one attached hydrogen (secondary N) is 3. The van der Waals surface area contributed by atoms with Crippen molar-refractivity contribution in [3.63, 3.8) is 0 Å². The predicted molar refractivity (Wildman–Crippen MR) is 182 cm³/mol. The van der Waals surface area contributed by atoms with Crippen LogP contribution in [-0.4, -0.2) is 62.9 Å². The number of anilines is 3. The van der Waals surface area contributed by atoms with Crippen LogP contribution in [0.2, 0.25) is 0 Å². The van der Waals surface area contributed by atoms with E-state index in [0.29, 0.717) is 39.7 Å². The SMILES string of the molecule is Cc1c(C(=O)NCC#Cc2ccc3nc(Nc4ccc(NC5CCN(C)CC5)c(F)c4)ncc3c2)c(=O)n(Cc2ccc(F)c(F)c2)n1C. The lowest BCUT2D eigenvalue weighted by Crippen LogP contribution is -2.36. The number of amides is 1. The maximum absolute atomic E-state index is 14.9. The molecular formula is C36H35F3N8O2. The Morgan fingerprint density at radius 2 is 1.78 bits per heavy atom. The van der Waals surface area contributed by atoms with Gasteiger partial charge in [0.05, 0.1) is 24.3 Å². The molecule has 0 bridgehead atoms. The van der Waals surface area contributed by atoms with Gasteiger partial charge in [0, 0.05) is 41.6 Å². The quantitative estimate of drug-likeness (QED) is 0.201. The molecule has 3 aromatic carbocycles. The summed E-state index contributed by atoms with van der Waals surface area (Å²) in [7, 11) is 3.70. The Labute approximate surface area is 281 Å². The van der Waals surface area contributed by atoms with Crippen molar-refractivity contribution in [2.45, 2.75) is 32.4 Å². The maximum atomic E-state index is 14.9. The summed E-state index contributed by atoms with van der Waals surface area (Å²) in [5, 5.41) is 9.77. The van der Waals surface area contributed by atoms with Crippen molar-refractivity contribution in [3.05, 3.63) is 111 Å². The predicted octanol–water partition coefficient (Wildman–Crippen LogP) is 4.94. The lowest BCUT2D eigenvalue weighted by atomic mass is 10.1. The van der Waals surface area contributed by atoms with Crippen LogP contribution in [0.4, 0.5) is 30.5 Å². The number of likely N-dealkylation sites (tertiary alicyclic amines) is 1. The Balaban J connectivity index is 1.06. The van der Waals surface area contributed by atoms with Gasteiger partial charge < -0.3 is 20.9 Å². The minimum absolute atomic E-state index is 0.0178. The maximum Gasteiger partial charge on any atom is 0.280 e. The van der Waals surface area contributed by atoms with E-state index in [1.54, 1.807) is 44.4 Å². The average Bonchev–Trinajstić information content (AvgIpc) is 3.29. The Morgan fingerprint density at radius 1 is 0.980 bits per heavy atom. The van der Waals surface area contributed by atoms with Crippen molar-refractivity contribution in [2.24, 2.45) is 7.05 Å². The fourth-order valence-electron chi connectivity index (χ4n) is 5.76. The van der Waals surface area contributed by atoms with Crippen LogP contribution in [0.25, 0.3) is 10.9 Å². The van der Waals surface area contributed by atoms with Gasteiger partial charge >= 0.3 is 0 Å². The molecule has 0 saturated carbocycles. The highest BCUT2D eigenvalue weighted by Gasteiger charge is 2.21. The largest absolute Gasteiger partial charge is 0.380 e. The topological polar surface area (TPSA) is 109 Å². The van der Waals surface area contributed by atoms with Crippen molar-refractivity contribution in [3.8, 4) is 11.8 Å². The Kier molecular flexibility index (Phi) is 9.68. The zero-order valence-electron chi connectivity index (χ0n) is 27.3. The lowest BCUT2D eigenvalue weighted by Gasteiger charge is -2.30. The smallest absolute Gasteiger partial charge is 0.280 e. The van der Waals surface area contributed by atoms with Crippen LogP contribution in [0.3, 0.4) is 0 Å². The first kappa shape index (κ1) is 33.3. The highest BCUT2D eigenvalue weighted by molar-refractivity contribution is 5.95. The summed E-state index contributed by atoms with van der Waals surface area (Å²) in [6.07, 6.45) is 3.58. The van der Waals surface area contributed by atoms with Crippen molar-refractivity contribution in [2.75, 3.05) is 37.3 Å². The van der Waals surface area contributed by atoms with Gasteiger partial charge in [0.25, 0.3) is 11.5 Å². The van der Waals surface area contributed by atoms with Gasteiger partial charge in [-0.3, -0.25) is 14.3 Å². The van der Waals surface area contributed by atoms with E-state index in [1.807, 2.05) is 6.07 Å². The third-order valence-corrected chi connectivity index (χ3v) is 8.65. The number of carbonyl (C=O) groups excluding carboxylic acids is 1. The van der Waals surface area contributed by atoms with Crippen molar-refractivity contribution >= 4 is 34.1 Å². The van der Waals surface area contributed by atoms with E-state index in [0.717, 1.165) is 43.5 Å². The third kappa shape index (κ3) is 7.60. The monoisotopic (exact) mass is 668 g/mol. The third-order valence-electron chi connectivity index (χ3n) is 8.65. The first-order chi connectivity index (χ1) is 23.5. The number of piperidine rings is 1. The summed E-state index contributed by atoms with van der Waals surface area (Å²) in [5.41, 5.74) is 2.53. The van der Waals surface area contributed by atoms with Crippen LogP contribution in [0.1, 0.15) is 40.0 Å². The van der Waals surface area contributed by atoms with Gasteiger partial charge in [0.15, 0.2) is 11.6 Å². The fraction of sp³-hybridized carbons (Fsp3) is 0.278. The molecule has 1 aliphatic rings. The second-order valence-corrected chi connectivity index (χ2v) is 12.1. The van der Waals surface area contributed by atoms with Gasteiger partial charge in [0.2, 0.25) is 5.95 Å². The molecule has 3 heterocycles. The Hall–Kier alpha value is -5.61. The molecule has 5 aromatic rings. The first-order valence-electron chi connectivity index (χ1n) is 15.8. The van der Waals surface area contributed by atoms with Crippen LogP contribution in [0.15, 0.2) is 65.6 Å². The molecule has 0 aliphatic carbocycles. The normalized spacial score (nSPS) is 13.6. The molecule has 2 aromatic heterocycles. The van der Waals surface area contributed by atoms with Gasteiger partial charge in [-0.25, -0.2) is 27.8 Å². The molecule has 13 heteroatoms. The number of hydrogen-bond donors (Lipinski definition) is 3. The van der Waals surface area contributed by atoms with E-state index < -0.39 is 23.1 Å². The zero-order chi connectivity index (χ0) is 34.7. The molecule has 1 fully saturated rings. The molecular weight excluding hydrogens is 633 g/mol. The Morgan fingerprint density at radius 3 is 2.53 bits per heavy atom. The van der Waals surface area contributed by atoms with Crippen LogP contribution in [0, 0.1) is 36.2 Å². The highest BCUT2D eigenvalue weighted by Crippen LogP contribution is 2.24. The molecule has 1 aliphatic heterocycles. The summed E-state index contributed by atoms with van der Waals surface area (Å²) in [4.78, 5) is 37.1. The summed E-state index contributed by atoms with van der Waals surface area (Å²) < 4.78 is 44.6. The lowest BCUT2D eigenvalue weighted by molar-refractivity contribution is 0.0956. The van der Waals surface area contributed by atoms with Gasteiger partial charge in [-0.1, -0.05) is 17.9 Å². The van der Waals surface area contributed by atoms with E-state index in [-0.39, 0.29) is 30.5 Å². The number of fused-ring (bicyclic) bond motifs is 1. The van der Waals surface area contributed by atoms with Gasteiger partial charge in [0.1, 0.15) is 11.4 Å². The van der Waals surface area contributed by atoms with Crippen LogP contribution < -0.4 is 21.5 Å². The highest BCUT2D eigenvalue weighted by atomic mass is 19.2. The molecule has 49 heavy (non-hydrogen) atoms.